The molecule has 0 spiro atoms. The number of carbonyl (C=O) groups is 2. The number of piperidine rings is 1. The standard InChI is InChI=1S/C14H21NO4/c16-13-3-1-2-6-15(13)7-8-18-14(17)11-9-10-4-5-12(11)19-10/h10-12H,1-9H2. The summed E-state index contributed by atoms with van der Waals surface area (Å²) in [5.41, 5.74) is 0. The Balaban J connectivity index is 1.40. The van der Waals surface area contributed by atoms with E-state index in [0.717, 1.165) is 38.6 Å². The van der Waals surface area contributed by atoms with Gasteiger partial charge in [0, 0.05) is 13.0 Å². The van der Waals surface area contributed by atoms with Crippen LogP contribution in [0, 0.1) is 5.92 Å². The molecule has 2 bridgehead atoms. The van der Waals surface area contributed by atoms with Crippen LogP contribution >= 0.6 is 0 Å². The van der Waals surface area contributed by atoms with Crippen LogP contribution in [0.1, 0.15) is 38.5 Å². The molecule has 3 unspecified atom stereocenters. The van der Waals surface area contributed by atoms with Gasteiger partial charge in [-0.05, 0) is 32.1 Å². The summed E-state index contributed by atoms with van der Waals surface area (Å²) in [5, 5.41) is 0. The molecule has 0 aromatic rings. The molecule has 3 heterocycles. The lowest BCUT2D eigenvalue weighted by molar-refractivity contribution is -0.152. The summed E-state index contributed by atoms with van der Waals surface area (Å²) in [6.45, 7) is 1.65. The number of rotatable bonds is 4. The van der Waals surface area contributed by atoms with Gasteiger partial charge < -0.3 is 14.4 Å². The van der Waals surface area contributed by atoms with Crippen molar-refractivity contribution in [1.82, 2.24) is 4.90 Å². The molecule has 1 amide bonds. The maximum Gasteiger partial charge on any atom is 0.311 e. The zero-order chi connectivity index (χ0) is 13.2. The number of amides is 1. The molecule has 5 nitrogen and oxygen atoms in total. The van der Waals surface area contributed by atoms with Crippen LogP contribution in [-0.2, 0) is 19.1 Å². The Morgan fingerprint density at radius 2 is 2.26 bits per heavy atom. The molecule has 0 N–H and O–H groups in total. The molecule has 3 aliphatic rings. The van der Waals surface area contributed by atoms with Crippen LogP contribution in [0.4, 0.5) is 0 Å². The van der Waals surface area contributed by atoms with Crippen LogP contribution in [0.3, 0.4) is 0 Å². The van der Waals surface area contributed by atoms with Crippen LogP contribution in [0.15, 0.2) is 0 Å². The van der Waals surface area contributed by atoms with E-state index in [-0.39, 0.29) is 30.0 Å². The fourth-order valence-corrected chi connectivity index (χ4v) is 3.35. The Hall–Kier alpha value is -1.10. The predicted octanol–water partition coefficient (Wildman–Crippen LogP) is 1.11. The number of hydrogen-bond donors (Lipinski definition) is 0. The van der Waals surface area contributed by atoms with Crippen LogP contribution in [0.5, 0.6) is 0 Å². The topological polar surface area (TPSA) is 55.8 Å². The molecule has 3 aliphatic heterocycles. The summed E-state index contributed by atoms with van der Waals surface area (Å²) in [6, 6.07) is 0. The Labute approximate surface area is 113 Å². The zero-order valence-corrected chi connectivity index (χ0v) is 11.2. The van der Waals surface area contributed by atoms with E-state index in [1.54, 1.807) is 4.90 Å². The highest BCUT2D eigenvalue weighted by molar-refractivity contribution is 5.77. The van der Waals surface area contributed by atoms with E-state index in [4.69, 9.17) is 9.47 Å². The molecule has 3 fully saturated rings. The number of likely N-dealkylation sites (tertiary alicyclic amines) is 1. The normalized spacial score (nSPS) is 33.8. The molecule has 0 aromatic carbocycles. The number of hydrogen-bond acceptors (Lipinski definition) is 4. The van der Waals surface area contributed by atoms with Crippen molar-refractivity contribution in [2.24, 2.45) is 5.92 Å². The minimum absolute atomic E-state index is 0.0733. The van der Waals surface area contributed by atoms with E-state index in [1.165, 1.54) is 0 Å². The second kappa shape index (κ2) is 5.49. The maximum absolute atomic E-state index is 12.0. The monoisotopic (exact) mass is 267 g/mol. The van der Waals surface area contributed by atoms with E-state index >= 15 is 0 Å². The average molecular weight is 267 g/mol. The fraction of sp³-hybridized carbons (Fsp3) is 0.857. The highest BCUT2D eigenvalue weighted by Crippen LogP contribution is 2.39. The second-order valence-corrected chi connectivity index (χ2v) is 5.72. The summed E-state index contributed by atoms with van der Waals surface area (Å²) in [6.07, 6.45) is 5.89. The van der Waals surface area contributed by atoms with Gasteiger partial charge >= 0.3 is 5.97 Å². The lowest BCUT2D eigenvalue weighted by atomic mass is 9.89. The number of fused-ring (bicyclic) bond motifs is 2. The number of carbonyl (C=O) groups excluding carboxylic acids is 2. The van der Waals surface area contributed by atoms with Crippen LogP contribution < -0.4 is 0 Å². The van der Waals surface area contributed by atoms with Crippen molar-refractivity contribution in [2.45, 2.75) is 50.7 Å². The predicted molar refractivity (Wildman–Crippen MR) is 67.4 cm³/mol. The van der Waals surface area contributed by atoms with Crippen molar-refractivity contribution in [2.75, 3.05) is 19.7 Å². The first kappa shape index (κ1) is 12.9. The quantitative estimate of drug-likeness (QED) is 0.716. The Morgan fingerprint density at radius 1 is 1.37 bits per heavy atom. The highest BCUT2D eigenvalue weighted by atomic mass is 16.5. The smallest absolute Gasteiger partial charge is 0.311 e. The maximum atomic E-state index is 12.0. The minimum Gasteiger partial charge on any atom is -0.464 e. The lowest BCUT2D eigenvalue weighted by Crippen LogP contribution is -2.38. The largest absolute Gasteiger partial charge is 0.464 e. The molecular weight excluding hydrogens is 246 g/mol. The highest BCUT2D eigenvalue weighted by Gasteiger charge is 2.45. The molecular formula is C14H21NO4. The summed E-state index contributed by atoms with van der Waals surface area (Å²) in [5.74, 6) is -0.0296. The molecule has 19 heavy (non-hydrogen) atoms. The Kier molecular flexibility index (Phi) is 3.73. The second-order valence-electron chi connectivity index (χ2n) is 5.72. The minimum atomic E-state index is -0.142. The first-order valence-electron chi connectivity index (χ1n) is 7.34. The van der Waals surface area contributed by atoms with Gasteiger partial charge in [-0.3, -0.25) is 9.59 Å². The van der Waals surface area contributed by atoms with Gasteiger partial charge in [-0.25, -0.2) is 0 Å². The third-order valence-electron chi connectivity index (χ3n) is 4.44. The SMILES string of the molecule is O=C(OCCN1CCCCC1=O)C1CC2CCC1O2. The molecule has 5 heteroatoms. The molecule has 0 radical (unpaired) electrons. The first-order chi connectivity index (χ1) is 9.24. The van der Waals surface area contributed by atoms with E-state index < -0.39 is 0 Å². The van der Waals surface area contributed by atoms with E-state index in [2.05, 4.69) is 0 Å². The van der Waals surface area contributed by atoms with E-state index in [1.807, 2.05) is 0 Å². The molecule has 0 saturated carbocycles. The third-order valence-corrected chi connectivity index (χ3v) is 4.44. The van der Waals surface area contributed by atoms with E-state index in [0.29, 0.717) is 19.6 Å². The number of ether oxygens (including phenoxy) is 2. The van der Waals surface area contributed by atoms with Crippen molar-refractivity contribution in [3.05, 3.63) is 0 Å². The number of esters is 1. The van der Waals surface area contributed by atoms with Gasteiger partial charge in [0.2, 0.25) is 5.91 Å². The molecule has 0 aromatic heterocycles. The van der Waals surface area contributed by atoms with Crippen molar-refractivity contribution >= 4 is 11.9 Å². The summed E-state index contributed by atoms with van der Waals surface area (Å²) in [4.78, 5) is 25.3. The average Bonchev–Trinajstić information content (AvgIpc) is 3.03. The van der Waals surface area contributed by atoms with Gasteiger partial charge in [0.1, 0.15) is 6.61 Å². The van der Waals surface area contributed by atoms with E-state index in [9.17, 15) is 9.59 Å². The van der Waals surface area contributed by atoms with Gasteiger partial charge in [-0.2, -0.15) is 0 Å². The van der Waals surface area contributed by atoms with Gasteiger partial charge in [-0.15, -0.1) is 0 Å². The molecule has 3 rings (SSSR count). The Bertz CT molecular complexity index is 370. The van der Waals surface area contributed by atoms with Crippen molar-refractivity contribution in [3.8, 4) is 0 Å². The van der Waals surface area contributed by atoms with Crippen molar-refractivity contribution in [3.63, 3.8) is 0 Å². The van der Waals surface area contributed by atoms with Gasteiger partial charge in [-0.1, -0.05) is 0 Å². The number of nitrogens with zero attached hydrogens (tertiary/aromatic N) is 1. The molecule has 106 valence electrons. The van der Waals surface area contributed by atoms with Crippen LogP contribution in [0.2, 0.25) is 0 Å². The Morgan fingerprint density at radius 3 is 2.95 bits per heavy atom. The first-order valence-corrected chi connectivity index (χ1v) is 7.34. The van der Waals surface area contributed by atoms with Crippen LogP contribution in [-0.4, -0.2) is 48.7 Å². The van der Waals surface area contributed by atoms with Crippen LogP contribution in [0.25, 0.3) is 0 Å². The van der Waals surface area contributed by atoms with Crippen molar-refractivity contribution < 1.29 is 19.1 Å². The van der Waals surface area contributed by atoms with Gasteiger partial charge in [0.25, 0.3) is 0 Å². The summed E-state index contributed by atoms with van der Waals surface area (Å²) < 4.78 is 11.0. The zero-order valence-electron chi connectivity index (χ0n) is 11.2. The molecule has 3 atom stereocenters. The van der Waals surface area contributed by atoms with Crippen molar-refractivity contribution in [1.29, 1.82) is 0 Å². The van der Waals surface area contributed by atoms with Gasteiger partial charge in [0.05, 0.1) is 24.7 Å². The molecule has 3 saturated heterocycles. The molecule has 0 aliphatic carbocycles. The lowest BCUT2D eigenvalue weighted by Gasteiger charge is -2.26. The summed E-state index contributed by atoms with van der Waals surface area (Å²) in [7, 11) is 0. The fourth-order valence-electron chi connectivity index (χ4n) is 3.35. The van der Waals surface area contributed by atoms with Gasteiger partial charge in [0.15, 0.2) is 0 Å². The third kappa shape index (κ3) is 2.76. The summed E-state index contributed by atoms with van der Waals surface area (Å²) >= 11 is 0.